The molecular formula is C19H23ClN2O3S2. The van der Waals surface area contributed by atoms with Crippen molar-refractivity contribution in [3.05, 3.63) is 70.7 Å². The molecule has 0 bridgehead atoms. The predicted molar refractivity (Wildman–Crippen MR) is 112 cm³/mol. The van der Waals surface area contributed by atoms with Gasteiger partial charge in [0.05, 0.1) is 6.26 Å². The first-order chi connectivity index (χ1) is 12.8. The van der Waals surface area contributed by atoms with E-state index in [1.165, 1.54) is 7.05 Å². The Morgan fingerprint density at radius 2 is 1.78 bits per heavy atom. The van der Waals surface area contributed by atoms with Crippen molar-refractivity contribution in [2.45, 2.75) is 11.8 Å². The summed E-state index contributed by atoms with van der Waals surface area (Å²) in [5, 5.41) is 3.57. The van der Waals surface area contributed by atoms with Crippen LogP contribution in [0.1, 0.15) is 17.2 Å². The van der Waals surface area contributed by atoms with E-state index in [1.54, 1.807) is 36.0 Å². The number of sulfonamides is 1. The second-order valence-electron chi connectivity index (χ2n) is 6.03. The van der Waals surface area contributed by atoms with Gasteiger partial charge in [0.25, 0.3) is 0 Å². The molecule has 1 atom stereocenters. The van der Waals surface area contributed by atoms with E-state index in [2.05, 4.69) is 5.32 Å². The zero-order valence-corrected chi connectivity index (χ0v) is 17.7. The van der Waals surface area contributed by atoms with Crippen LogP contribution in [0.15, 0.2) is 54.6 Å². The molecule has 8 heteroatoms. The molecule has 0 radical (unpaired) electrons. The van der Waals surface area contributed by atoms with Crippen molar-refractivity contribution < 1.29 is 13.2 Å². The van der Waals surface area contributed by atoms with Crippen LogP contribution in [0.4, 0.5) is 0 Å². The van der Waals surface area contributed by atoms with Crippen molar-refractivity contribution in [2.75, 3.05) is 25.6 Å². The van der Waals surface area contributed by atoms with Crippen LogP contribution in [0, 0.1) is 0 Å². The SMILES string of the molecule is CN(C(C(=O)NCCSCc1ccccc1Cl)c1ccccc1)S(C)(=O)=O. The number of carbonyl (C=O) groups excluding carboxylic acids is 1. The normalized spacial score (nSPS) is 12.7. The third-order valence-corrected chi connectivity index (χ3v) is 6.65. The van der Waals surface area contributed by atoms with Crippen molar-refractivity contribution in [3.8, 4) is 0 Å². The van der Waals surface area contributed by atoms with Gasteiger partial charge in [-0.15, -0.1) is 0 Å². The highest BCUT2D eigenvalue weighted by Crippen LogP contribution is 2.22. The lowest BCUT2D eigenvalue weighted by atomic mass is 10.1. The van der Waals surface area contributed by atoms with Gasteiger partial charge in [-0.2, -0.15) is 16.1 Å². The second kappa shape index (κ2) is 10.1. The van der Waals surface area contributed by atoms with Crippen molar-refractivity contribution in [1.82, 2.24) is 9.62 Å². The fourth-order valence-corrected chi connectivity index (χ4v) is 4.24. The van der Waals surface area contributed by atoms with Crippen LogP contribution in [0.5, 0.6) is 0 Å². The van der Waals surface area contributed by atoms with E-state index in [1.807, 2.05) is 30.3 Å². The molecule has 146 valence electrons. The molecule has 2 aromatic rings. The Balaban J connectivity index is 1.93. The quantitative estimate of drug-likeness (QED) is 0.624. The third-order valence-electron chi connectivity index (χ3n) is 4.01. The summed E-state index contributed by atoms with van der Waals surface area (Å²) in [4.78, 5) is 12.7. The minimum absolute atomic E-state index is 0.340. The van der Waals surface area contributed by atoms with Crippen LogP contribution in [0.25, 0.3) is 0 Å². The first-order valence-corrected chi connectivity index (χ1v) is 11.8. The highest BCUT2D eigenvalue weighted by Gasteiger charge is 2.30. The molecule has 0 spiro atoms. The molecule has 0 aliphatic carbocycles. The largest absolute Gasteiger partial charge is 0.354 e. The summed E-state index contributed by atoms with van der Waals surface area (Å²) < 4.78 is 25.0. The average molecular weight is 427 g/mol. The number of amides is 1. The Hall–Kier alpha value is -1.54. The molecule has 0 aromatic heterocycles. The number of rotatable bonds is 9. The zero-order chi connectivity index (χ0) is 19.9. The molecule has 0 aliphatic heterocycles. The third kappa shape index (κ3) is 6.53. The van der Waals surface area contributed by atoms with Crippen LogP contribution in [-0.2, 0) is 20.6 Å². The highest BCUT2D eigenvalue weighted by molar-refractivity contribution is 7.98. The minimum Gasteiger partial charge on any atom is -0.354 e. The Bertz CT molecular complexity index is 860. The zero-order valence-electron chi connectivity index (χ0n) is 15.3. The van der Waals surface area contributed by atoms with E-state index in [0.29, 0.717) is 17.9 Å². The van der Waals surface area contributed by atoms with Crippen LogP contribution in [-0.4, -0.2) is 44.2 Å². The lowest BCUT2D eigenvalue weighted by molar-refractivity contribution is -0.124. The van der Waals surface area contributed by atoms with Crippen molar-refractivity contribution >= 4 is 39.3 Å². The van der Waals surface area contributed by atoms with E-state index in [9.17, 15) is 13.2 Å². The monoisotopic (exact) mass is 426 g/mol. The number of nitrogens with one attached hydrogen (secondary N) is 1. The number of benzene rings is 2. The molecule has 1 unspecified atom stereocenters. The highest BCUT2D eigenvalue weighted by atomic mass is 35.5. The van der Waals surface area contributed by atoms with Crippen molar-refractivity contribution in [1.29, 1.82) is 0 Å². The number of halogens is 1. The van der Waals surface area contributed by atoms with Crippen molar-refractivity contribution in [2.24, 2.45) is 0 Å². The molecule has 0 saturated carbocycles. The maximum atomic E-state index is 12.7. The lowest BCUT2D eigenvalue weighted by Crippen LogP contribution is -2.41. The number of likely N-dealkylation sites (N-methyl/N-ethyl adjacent to an activating group) is 1. The number of hydrogen-bond donors (Lipinski definition) is 1. The fraction of sp³-hybridized carbons (Fsp3) is 0.316. The summed E-state index contributed by atoms with van der Waals surface area (Å²) in [6.45, 7) is 0.439. The van der Waals surface area contributed by atoms with Gasteiger partial charge in [-0.05, 0) is 17.2 Å². The summed E-state index contributed by atoms with van der Waals surface area (Å²) in [7, 11) is -2.10. The summed E-state index contributed by atoms with van der Waals surface area (Å²) in [6.07, 6.45) is 1.09. The summed E-state index contributed by atoms with van der Waals surface area (Å²) in [6, 6.07) is 15.6. The average Bonchev–Trinajstić information content (AvgIpc) is 2.63. The topological polar surface area (TPSA) is 66.5 Å². The van der Waals surface area contributed by atoms with Gasteiger partial charge in [0.15, 0.2) is 0 Å². The second-order valence-corrected chi connectivity index (χ2v) is 9.58. The Labute approximate surface area is 170 Å². The van der Waals surface area contributed by atoms with Gasteiger partial charge >= 0.3 is 0 Å². The van der Waals surface area contributed by atoms with E-state index in [-0.39, 0.29) is 5.91 Å². The van der Waals surface area contributed by atoms with Gasteiger partial charge in [-0.1, -0.05) is 60.1 Å². The first-order valence-electron chi connectivity index (χ1n) is 8.37. The van der Waals surface area contributed by atoms with Crippen LogP contribution < -0.4 is 5.32 Å². The number of carbonyl (C=O) groups is 1. The van der Waals surface area contributed by atoms with Gasteiger partial charge in [0, 0.05) is 30.1 Å². The number of hydrogen-bond acceptors (Lipinski definition) is 4. The molecule has 27 heavy (non-hydrogen) atoms. The number of thioether (sulfide) groups is 1. The molecule has 2 rings (SSSR count). The molecule has 1 amide bonds. The molecular weight excluding hydrogens is 404 g/mol. The molecule has 0 aliphatic rings. The van der Waals surface area contributed by atoms with Gasteiger partial charge < -0.3 is 5.32 Å². The Morgan fingerprint density at radius 1 is 1.15 bits per heavy atom. The van der Waals surface area contributed by atoms with E-state index < -0.39 is 16.1 Å². The van der Waals surface area contributed by atoms with Gasteiger partial charge in [0.2, 0.25) is 15.9 Å². The molecule has 2 aromatic carbocycles. The molecule has 0 fully saturated rings. The summed E-state index contributed by atoms with van der Waals surface area (Å²) >= 11 is 7.78. The molecule has 1 N–H and O–H groups in total. The summed E-state index contributed by atoms with van der Waals surface area (Å²) in [5.41, 5.74) is 1.68. The van der Waals surface area contributed by atoms with E-state index >= 15 is 0 Å². The first kappa shape index (κ1) is 21.8. The Morgan fingerprint density at radius 3 is 2.41 bits per heavy atom. The van der Waals surface area contributed by atoms with E-state index in [4.69, 9.17) is 11.6 Å². The van der Waals surface area contributed by atoms with Gasteiger partial charge in [-0.25, -0.2) is 8.42 Å². The maximum Gasteiger partial charge on any atom is 0.243 e. The van der Waals surface area contributed by atoms with Gasteiger partial charge in [0.1, 0.15) is 6.04 Å². The van der Waals surface area contributed by atoms with Crippen LogP contribution >= 0.6 is 23.4 Å². The fourth-order valence-electron chi connectivity index (χ4n) is 2.49. The predicted octanol–water partition coefficient (Wildman–Crippen LogP) is 3.32. The van der Waals surface area contributed by atoms with Crippen LogP contribution in [0.2, 0.25) is 5.02 Å². The van der Waals surface area contributed by atoms with E-state index in [0.717, 1.165) is 26.9 Å². The molecule has 5 nitrogen and oxygen atoms in total. The Kier molecular flexibility index (Phi) is 8.16. The number of nitrogens with zero attached hydrogens (tertiary/aromatic N) is 1. The smallest absolute Gasteiger partial charge is 0.243 e. The lowest BCUT2D eigenvalue weighted by Gasteiger charge is -2.25. The standard InChI is InChI=1S/C19H23ClN2O3S2/c1-22(27(2,24)25)18(15-8-4-3-5-9-15)19(23)21-12-13-26-14-16-10-6-7-11-17(16)20/h3-11,18H,12-14H2,1-2H3,(H,21,23). The van der Waals surface area contributed by atoms with Crippen molar-refractivity contribution in [3.63, 3.8) is 0 Å². The van der Waals surface area contributed by atoms with Gasteiger partial charge in [-0.3, -0.25) is 4.79 Å². The molecule has 0 saturated heterocycles. The summed E-state index contributed by atoms with van der Waals surface area (Å²) in [5.74, 6) is 1.11. The maximum absolute atomic E-state index is 12.7. The minimum atomic E-state index is -3.52. The molecule has 0 heterocycles. The van der Waals surface area contributed by atoms with Crippen LogP contribution in [0.3, 0.4) is 0 Å².